The van der Waals surface area contributed by atoms with Gasteiger partial charge in [0.05, 0.1) is 10.9 Å². The molecule has 42 heavy (non-hydrogen) atoms. The van der Waals surface area contributed by atoms with E-state index in [1.807, 2.05) is 69.3 Å². The molecule has 4 N–H and O–H groups in total. The van der Waals surface area contributed by atoms with Crippen molar-refractivity contribution in [3.05, 3.63) is 95.6 Å². The summed E-state index contributed by atoms with van der Waals surface area (Å²) in [4.78, 5) is 32.3. The van der Waals surface area contributed by atoms with Gasteiger partial charge in [-0.3, -0.25) is 4.79 Å². The number of carbonyl (C=O) groups excluding carboxylic acids is 2. The van der Waals surface area contributed by atoms with Gasteiger partial charge in [0, 0.05) is 46.3 Å². The average molecular weight is 582 g/mol. The number of benzene rings is 3. The highest BCUT2D eigenvalue weighted by molar-refractivity contribution is 7.20. The molecule has 1 saturated heterocycles. The van der Waals surface area contributed by atoms with E-state index in [1.165, 1.54) is 11.3 Å². The Morgan fingerprint density at radius 1 is 1.07 bits per heavy atom. The minimum absolute atomic E-state index is 0.0744. The number of fused-ring (bicyclic) bond motifs is 1. The molecule has 9 heteroatoms. The van der Waals surface area contributed by atoms with E-state index in [0.717, 1.165) is 32.5 Å². The summed E-state index contributed by atoms with van der Waals surface area (Å²) in [6, 6.07) is 23.8. The van der Waals surface area contributed by atoms with Crippen LogP contribution in [0.5, 0.6) is 0 Å². The summed E-state index contributed by atoms with van der Waals surface area (Å²) >= 11 is 1.41. The molecule has 1 aromatic heterocycles. The fourth-order valence-electron chi connectivity index (χ4n) is 4.81. The number of aliphatic imine (C=N–C) groups is 1. The minimum Gasteiger partial charge on any atom is -0.444 e. The summed E-state index contributed by atoms with van der Waals surface area (Å²) in [5, 5.41) is 6.91. The molecule has 8 nitrogen and oxygen atoms in total. The van der Waals surface area contributed by atoms with Gasteiger partial charge >= 0.3 is 6.09 Å². The second-order valence-electron chi connectivity index (χ2n) is 11.3. The summed E-state index contributed by atoms with van der Waals surface area (Å²) in [6.07, 6.45) is 1.88. The van der Waals surface area contributed by atoms with Crippen LogP contribution < -0.4 is 16.4 Å². The molecule has 216 valence electrons. The highest BCUT2D eigenvalue weighted by Crippen LogP contribution is 2.33. The van der Waals surface area contributed by atoms with Crippen molar-refractivity contribution >= 4 is 51.0 Å². The predicted octanol–water partition coefficient (Wildman–Crippen LogP) is 6.89. The Kier molecular flexibility index (Phi) is 8.31. The molecule has 0 bridgehead atoms. The van der Waals surface area contributed by atoms with Crippen molar-refractivity contribution in [3.63, 3.8) is 0 Å². The summed E-state index contributed by atoms with van der Waals surface area (Å²) in [7, 11) is 0. The molecule has 1 aliphatic rings. The van der Waals surface area contributed by atoms with Gasteiger partial charge in [-0.2, -0.15) is 0 Å². The molecule has 4 aromatic rings. The SMILES string of the molecule is C=C(N=Cc1ccc2sc(C(=O)N3CCC(NC(=O)OC(C)(C)C)C3)cc2c1N)Nc1cccc(-c2ccccc2)c1. The third-order valence-electron chi connectivity index (χ3n) is 6.80. The quantitative estimate of drug-likeness (QED) is 0.163. The second-order valence-corrected chi connectivity index (χ2v) is 12.3. The summed E-state index contributed by atoms with van der Waals surface area (Å²) < 4.78 is 6.27. The Labute approximate surface area is 249 Å². The van der Waals surface area contributed by atoms with Crippen molar-refractivity contribution in [2.24, 2.45) is 4.99 Å². The Morgan fingerprint density at radius 2 is 1.83 bits per heavy atom. The average Bonchev–Trinajstić information content (AvgIpc) is 3.60. The number of rotatable bonds is 7. The van der Waals surface area contributed by atoms with Crippen molar-refractivity contribution in [1.29, 1.82) is 0 Å². The standard InChI is InChI=1S/C33H35N5O3S/c1-21(36-25-12-8-11-23(17-25)22-9-6-5-7-10-22)35-19-24-13-14-28-27(30(24)34)18-29(42-28)31(39)38-16-15-26(20-38)37-32(40)41-33(2,3)4/h5-14,17-19,26,36H,1,15-16,20,34H2,2-4H3,(H,37,40). The Bertz CT molecular complexity index is 1660. The maximum absolute atomic E-state index is 13.3. The van der Waals surface area contributed by atoms with Gasteiger partial charge in [0.15, 0.2) is 0 Å². The number of thiophene rings is 1. The zero-order valence-electron chi connectivity index (χ0n) is 24.0. The highest BCUT2D eigenvalue weighted by Gasteiger charge is 2.30. The molecular weight excluding hydrogens is 546 g/mol. The molecule has 0 aliphatic carbocycles. The lowest BCUT2D eigenvalue weighted by Crippen LogP contribution is -2.41. The van der Waals surface area contributed by atoms with Crippen LogP contribution in [-0.4, -0.2) is 47.8 Å². The number of hydrogen-bond acceptors (Lipinski definition) is 7. The smallest absolute Gasteiger partial charge is 0.407 e. The first-order valence-corrected chi connectivity index (χ1v) is 14.6. The van der Waals surface area contributed by atoms with Gasteiger partial charge in [0.1, 0.15) is 11.4 Å². The van der Waals surface area contributed by atoms with E-state index in [4.69, 9.17) is 10.5 Å². The number of alkyl carbamates (subject to hydrolysis) is 1. The van der Waals surface area contributed by atoms with Crippen LogP contribution in [0.1, 0.15) is 42.4 Å². The maximum atomic E-state index is 13.3. The molecule has 1 atom stereocenters. The van der Waals surface area contributed by atoms with E-state index in [2.05, 4.69) is 46.5 Å². The molecule has 0 radical (unpaired) electrons. The molecule has 1 fully saturated rings. The maximum Gasteiger partial charge on any atom is 0.407 e. The van der Waals surface area contributed by atoms with Crippen LogP contribution in [0.3, 0.4) is 0 Å². The number of nitrogens with two attached hydrogens (primary N) is 1. The van der Waals surface area contributed by atoms with Crippen LogP contribution in [0.15, 0.2) is 90.2 Å². The van der Waals surface area contributed by atoms with Crippen LogP contribution in [-0.2, 0) is 4.74 Å². The number of likely N-dealkylation sites (tertiary alicyclic amines) is 1. The van der Waals surface area contributed by atoms with Crippen LogP contribution in [0.4, 0.5) is 16.2 Å². The van der Waals surface area contributed by atoms with E-state index in [-0.39, 0.29) is 11.9 Å². The van der Waals surface area contributed by atoms with Gasteiger partial charge in [-0.25, -0.2) is 9.79 Å². The largest absolute Gasteiger partial charge is 0.444 e. The topological polar surface area (TPSA) is 109 Å². The highest BCUT2D eigenvalue weighted by atomic mass is 32.1. The fourth-order valence-corrected chi connectivity index (χ4v) is 5.86. The summed E-state index contributed by atoms with van der Waals surface area (Å²) in [6.45, 7) is 10.5. The van der Waals surface area contributed by atoms with Crippen molar-refractivity contribution in [2.75, 3.05) is 24.1 Å². The van der Waals surface area contributed by atoms with E-state index < -0.39 is 11.7 Å². The normalized spacial score (nSPS) is 15.2. The molecule has 0 saturated carbocycles. The molecule has 5 rings (SSSR count). The third-order valence-corrected chi connectivity index (χ3v) is 7.89. The van der Waals surface area contributed by atoms with Crippen molar-refractivity contribution in [3.8, 4) is 11.1 Å². The van der Waals surface area contributed by atoms with Crippen molar-refractivity contribution in [1.82, 2.24) is 10.2 Å². The van der Waals surface area contributed by atoms with E-state index >= 15 is 0 Å². The van der Waals surface area contributed by atoms with Crippen molar-refractivity contribution < 1.29 is 14.3 Å². The molecule has 0 spiro atoms. The van der Waals surface area contributed by atoms with Gasteiger partial charge in [-0.15, -0.1) is 11.3 Å². The number of carbonyl (C=O) groups is 2. The number of nitrogens with zero attached hydrogens (tertiary/aromatic N) is 2. The predicted molar refractivity (Wildman–Crippen MR) is 172 cm³/mol. The van der Waals surface area contributed by atoms with Gasteiger partial charge in [-0.1, -0.05) is 49.0 Å². The lowest BCUT2D eigenvalue weighted by molar-refractivity contribution is 0.0502. The van der Waals surface area contributed by atoms with E-state index in [1.54, 1.807) is 11.1 Å². The number of ether oxygens (including phenoxy) is 1. The second kappa shape index (κ2) is 12.1. The zero-order chi connectivity index (χ0) is 29.9. The zero-order valence-corrected chi connectivity index (χ0v) is 24.8. The Hall–Kier alpha value is -4.63. The molecule has 1 aliphatic heterocycles. The van der Waals surface area contributed by atoms with Gasteiger partial charge in [-0.05, 0) is 68.7 Å². The molecule has 1 unspecified atom stereocenters. The fraction of sp³-hybridized carbons (Fsp3) is 0.242. The Balaban J connectivity index is 1.23. The number of nitrogens with one attached hydrogen (secondary N) is 2. The molecule has 3 aromatic carbocycles. The van der Waals surface area contributed by atoms with Gasteiger partial charge < -0.3 is 26.0 Å². The number of anilines is 2. The third kappa shape index (κ3) is 6.98. The molecular formula is C33H35N5O3S. The lowest BCUT2D eigenvalue weighted by Gasteiger charge is -2.22. The summed E-state index contributed by atoms with van der Waals surface area (Å²) in [5.41, 5.74) is 10.3. The van der Waals surface area contributed by atoms with Gasteiger partial charge in [0.25, 0.3) is 5.91 Å². The first-order valence-electron chi connectivity index (χ1n) is 13.8. The first-order chi connectivity index (χ1) is 20.1. The Morgan fingerprint density at radius 3 is 2.60 bits per heavy atom. The first kappa shape index (κ1) is 28.9. The molecule has 2 heterocycles. The van der Waals surface area contributed by atoms with Crippen LogP contribution in [0.2, 0.25) is 0 Å². The summed E-state index contributed by atoms with van der Waals surface area (Å²) in [5.74, 6) is 0.402. The number of hydrogen-bond donors (Lipinski definition) is 3. The van der Waals surface area contributed by atoms with Gasteiger partial charge in [0.2, 0.25) is 0 Å². The number of nitrogen functional groups attached to an aromatic ring is 1. The van der Waals surface area contributed by atoms with E-state index in [0.29, 0.717) is 35.9 Å². The van der Waals surface area contributed by atoms with Crippen molar-refractivity contribution in [2.45, 2.75) is 38.8 Å². The van der Waals surface area contributed by atoms with Crippen LogP contribution in [0, 0.1) is 0 Å². The molecule has 2 amide bonds. The number of amides is 2. The lowest BCUT2D eigenvalue weighted by atomic mass is 10.1. The minimum atomic E-state index is -0.572. The van der Waals surface area contributed by atoms with Crippen LogP contribution >= 0.6 is 11.3 Å². The van der Waals surface area contributed by atoms with Crippen LogP contribution in [0.25, 0.3) is 21.2 Å². The monoisotopic (exact) mass is 581 g/mol. The van der Waals surface area contributed by atoms with E-state index in [9.17, 15) is 9.59 Å².